The maximum atomic E-state index is 11.9. The molecule has 5 nitrogen and oxygen atoms in total. The standard InChI is InChI=1S/C16H18N2O3/c1-10-5-14(21-18-10)8-16(19)17-9-12-3-4-15-13(7-12)6-11(2)20-15/h3-5,7,11H,6,8-9H2,1-2H3,(H,17,19)/t11-/m0/s1. The van der Waals surface area contributed by atoms with Gasteiger partial charge >= 0.3 is 0 Å². The second kappa shape index (κ2) is 5.60. The zero-order valence-corrected chi connectivity index (χ0v) is 12.2. The van der Waals surface area contributed by atoms with E-state index in [2.05, 4.69) is 23.5 Å². The predicted octanol–water partition coefficient (Wildman–Crippen LogP) is 2.17. The number of nitrogens with one attached hydrogen (secondary N) is 1. The van der Waals surface area contributed by atoms with E-state index in [1.54, 1.807) is 6.07 Å². The number of hydrogen-bond donors (Lipinski definition) is 1. The molecule has 0 saturated carbocycles. The van der Waals surface area contributed by atoms with Crippen LogP contribution in [0.25, 0.3) is 0 Å². The van der Waals surface area contributed by atoms with E-state index in [0.717, 1.165) is 23.4 Å². The van der Waals surface area contributed by atoms with Gasteiger partial charge < -0.3 is 14.6 Å². The number of aromatic nitrogens is 1. The lowest BCUT2D eigenvalue weighted by atomic mass is 10.1. The van der Waals surface area contributed by atoms with Crippen molar-refractivity contribution in [2.75, 3.05) is 0 Å². The van der Waals surface area contributed by atoms with Gasteiger partial charge in [-0.1, -0.05) is 17.3 Å². The predicted molar refractivity (Wildman–Crippen MR) is 77.0 cm³/mol. The molecule has 1 aliphatic rings. The summed E-state index contributed by atoms with van der Waals surface area (Å²) < 4.78 is 10.7. The summed E-state index contributed by atoms with van der Waals surface area (Å²) >= 11 is 0. The SMILES string of the molecule is Cc1cc(CC(=O)NCc2ccc3c(c2)C[C@H](C)O3)on1. The number of hydrogen-bond acceptors (Lipinski definition) is 4. The molecule has 3 rings (SSSR count). The Balaban J connectivity index is 1.55. The highest BCUT2D eigenvalue weighted by atomic mass is 16.5. The first-order valence-corrected chi connectivity index (χ1v) is 7.07. The van der Waals surface area contributed by atoms with Gasteiger partial charge in [0.1, 0.15) is 17.6 Å². The number of aryl methyl sites for hydroxylation is 1. The molecule has 2 aromatic rings. The molecule has 5 heteroatoms. The molecular weight excluding hydrogens is 268 g/mol. The molecule has 1 aromatic heterocycles. The first kappa shape index (κ1) is 13.7. The van der Waals surface area contributed by atoms with Gasteiger partial charge in [0, 0.05) is 19.0 Å². The Bertz CT molecular complexity index is 663. The van der Waals surface area contributed by atoms with Crippen molar-refractivity contribution in [1.82, 2.24) is 10.5 Å². The quantitative estimate of drug-likeness (QED) is 0.935. The fourth-order valence-corrected chi connectivity index (χ4v) is 2.51. The van der Waals surface area contributed by atoms with Gasteiger partial charge in [0.25, 0.3) is 0 Å². The zero-order chi connectivity index (χ0) is 14.8. The molecule has 0 fully saturated rings. The summed E-state index contributed by atoms with van der Waals surface area (Å²) in [5.74, 6) is 1.46. The molecule has 110 valence electrons. The lowest BCUT2D eigenvalue weighted by Gasteiger charge is -2.06. The monoisotopic (exact) mass is 286 g/mol. The Morgan fingerprint density at radius 3 is 3.05 bits per heavy atom. The molecule has 1 atom stereocenters. The van der Waals surface area contributed by atoms with Gasteiger partial charge in [0.05, 0.1) is 12.1 Å². The minimum Gasteiger partial charge on any atom is -0.490 e. The highest BCUT2D eigenvalue weighted by molar-refractivity contribution is 5.77. The summed E-state index contributed by atoms with van der Waals surface area (Å²) in [5, 5.41) is 6.66. The fourth-order valence-electron chi connectivity index (χ4n) is 2.51. The number of ether oxygens (including phenoxy) is 1. The third-order valence-electron chi connectivity index (χ3n) is 3.46. The van der Waals surface area contributed by atoms with Gasteiger partial charge in [-0.15, -0.1) is 0 Å². The maximum absolute atomic E-state index is 11.9. The Kier molecular flexibility index (Phi) is 3.64. The number of carbonyl (C=O) groups excluding carboxylic acids is 1. The third kappa shape index (κ3) is 3.24. The molecule has 21 heavy (non-hydrogen) atoms. The third-order valence-corrected chi connectivity index (χ3v) is 3.46. The summed E-state index contributed by atoms with van der Waals surface area (Å²) in [6.45, 7) is 4.40. The van der Waals surface area contributed by atoms with Crippen molar-refractivity contribution in [3.8, 4) is 5.75 Å². The lowest BCUT2D eigenvalue weighted by molar-refractivity contribution is -0.120. The Morgan fingerprint density at radius 1 is 1.43 bits per heavy atom. The first-order chi connectivity index (χ1) is 10.1. The summed E-state index contributed by atoms with van der Waals surface area (Å²) in [6.07, 6.45) is 1.37. The molecule has 1 aliphatic heterocycles. The molecule has 1 N–H and O–H groups in total. The number of benzene rings is 1. The zero-order valence-electron chi connectivity index (χ0n) is 12.2. The molecule has 0 bridgehead atoms. The van der Waals surface area contributed by atoms with Crippen molar-refractivity contribution in [3.63, 3.8) is 0 Å². The van der Waals surface area contributed by atoms with Gasteiger partial charge in [-0.3, -0.25) is 4.79 Å². The van der Waals surface area contributed by atoms with Gasteiger partial charge in [-0.25, -0.2) is 0 Å². The van der Waals surface area contributed by atoms with Crippen LogP contribution in [-0.4, -0.2) is 17.2 Å². The van der Waals surface area contributed by atoms with Crippen molar-refractivity contribution in [2.24, 2.45) is 0 Å². The average Bonchev–Trinajstić information content (AvgIpc) is 3.00. The summed E-state index contributed by atoms with van der Waals surface area (Å²) in [5.41, 5.74) is 3.07. The maximum Gasteiger partial charge on any atom is 0.227 e. The van der Waals surface area contributed by atoms with Crippen LogP contribution >= 0.6 is 0 Å². The average molecular weight is 286 g/mol. The van der Waals surface area contributed by atoms with Crippen LogP contribution in [0.3, 0.4) is 0 Å². The van der Waals surface area contributed by atoms with Crippen LogP contribution in [0, 0.1) is 6.92 Å². The van der Waals surface area contributed by atoms with Crippen molar-refractivity contribution in [1.29, 1.82) is 0 Å². The normalized spacial score (nSPS) is 16.4. The van der Waals surface area contributed by atoms with E-state index >= 15 is 0 Å². The molecule has 0 spiro atoms. The van der Waals surface area contributed by atoms with Crippen LogP contribution in [0.5, 0.6) is 5.75 Å². The molecule has 0 aliphatic carbocycles. The van der Waals surface area contributed by atoms with E-state index in [1.807, 2.05) is 19.1 Å². The van der Waals surface area contributed by atoms with Gasteiger partial charge in [0.15, 0.2) is 0 Å². The second-order valence-electron chi connectivity index (χ2n) is 5.46. The van der Waals surface area contributed by atoms with Crippen molar-refractivity contribution in [2.45, 2.75) is 39.3 Å². The van der Waals surface area contributed by atoms with Crippen molar-refractivity contribution in [3.05, 3.63) is 46.8 Å². The van der Waals surface area contributed by atoms with E-state index in [0.29, 0.717) is 12.3 Å². The van der Waals surface area contributed by atoms with Crippen molar-refractivity contribution < 1.29 is 14.1 Å². The summed E-state index contributed by atoms with van der Waals surface area (Å²) in [6, 6.07) is 7.82. The minimum absolute atomic E-state index is 0.0729. The van der Waals surface area contributed by atoms with E-state index in [4.69, 9.17) is 9.26 Å². The van der Waals surface area contributed by atoms with Crippen LogP contribution in [0.15, 0.2) is 28.8 Å². The molecule has 0 radical (unpaired) electrons. The number of amides is 1. The van der Waals surface area contributed by atoms with Crippen molar-refractivity contribution >= 4 is 5.91 Å². The van der Waals surface area contributed by atoms with Gasteiger partial charge in [0.2, 0.25) is 5.91 Å². The first-order valence-electron chi connectivity index (χ1n) is 7.07. The summed E-state index contributed by atoms with van der Waals surface area (Å²) in [7, 11) is 0. The molecule has 2 heterocycles. The number of carbonyl (C=O) groups is 1. The fraction of sp³-hybridized carbons (Fsp3) is 0.375. The van der Waals surface area contributed by atoms with Crippen LogP contribution < -0.4 is 10.1 Å². The Morgan fingerprint density at radius 2 is 2.29 bits per heavy atom. The minimum atomic E-state index is -0.0729. The highest BCUT2D eigenvalue weighted by Crippen LogP contribution is 2.29. The number of nitrogens with zero attached hydrogens (tertiary/aromatic N) is 1. The van der Waals surface area contributed by atoms with E-state index in [1.165, 1.54) is 5.56 Å². The van der Waals surface area contributed by atoms with E-state index in [9.17, 15) is 4.79 Å². The van der Waals surface area contributed by atoms with Crippen LogP contribution in [0.1, 0.15) is 29.5 Å². The topological polar surface area (TPSA) is 64.4 Å². The largest absolute Gasteiger partial charge is 0.490 e. The molecule has 0 unspecified atom stereocenters. The van der Waals surface area contributed by atoms with E-state index < -0.39 is 0 Å². The van der Waals surface area contributed by atoms with Crippen LogP contribution in [-0.2, 0) is 24.2 Å². The highest BCUT2D eigenvalue weighted by Gasteiger charge is 2.18. The summed E-state index contributed by atoms with van der Waals surface area (Å²) in [4.78, 5) is 11.9. The van der Waals surface area contributed by atoms with Crippen LogP contribution in [0.2, 0.25) is 0 Å². The van der Waals surface area contributed by atoms with Gasteiger partial charge in [-0.05, 0) is 31.0 Å². The lowest BCUT2D eigenvalue weighted by Crippen LogP contribution is -2.24. The number of fused-ring (bicyclic) bond motifs is 1. The smallest absolute Gasteiger partial charge is 0.227 e. The second-order valence-corrected chi connectivity index (χ2v) is 5.46. The Hall–Kier alpha value is -2.30. The van der Waals surface area contributed by atoms with Gasteiger partial charge in [-0.2, -0.15) is 0 Å². The molecule has 0 saturated heterocycles. The van der Waals surface area contributed by atoms with Crippen LogP contribution in [0.4, 0.5) is 0 Å². The number of rotatable bonds is 4. The molecule has 1 aromatic carbocycles. The van der Waals surface area contributed by atoms with E-state index in [-0.39, 0.29) is 18.4 Å². The molecule has 1 amide bonds. The molecular formula is C16H18N2O3. The Labute approximate surface area is 123 Å².